The van der Waals surface area contributed by atoms with Crippen LogP contribution in [0.1, 0.15) is 107 Å². The lowest BCUT2D eigenvalue weighted by atomic mass is 9.92. The molecule has 0 radical (unpaired) electrons. The highest BCUT2D eigenvalue weighted by atomic mass is 32.1. The maximum atomic E-state index is 14.7. The topological polar surface area (TPSA) is 206 Å². The predicted molar refractivity (Wildman–Crippen MR) is 219 cm³/mol. The van der Waals surface area contributed by atoms with Gasteiger partial charge in [-0.15, -0.1) is 17.9 Å². The van der Waals surface area contributed by atoms with Crippen LogP contribution in [0, 0.1) is 17.8 Å². The minimum atomic E-state index is -0.926. The van der Waals surface area contributed by atoms with Crippen molar-refractivity contribution in [2.24, 2.45) is 23.6 Å². The van der Waals surface area contributed by atoms with Crippen molar-refractivity contribution >= 4 is 40.9 Å². The normalized spacial score (nSPS) is 17.7. The van der Waals surface area contributed by atoms with Crippen molar-refractivity contribution in [2.45, 2.75) is 117 Å². The number of phenols is 1. The molecule has 0 bridgehead atoms. The number of piperidine rings is 1. The van der Waals surface area contributed by atoms with Gasteiger partial charge in [-0.05, 0) is 68.8 Å². The van der Waals surface area contributed by atoms with E-state index >= 15 is 0 Å². The second-order valence-electron chi connectivity index (χ2n) is 15.4. The lowest BCUT2D eigenvalue weighted by Gasteiger charge is -2.39. The number of likely N-dealkylation sites (N-methyl/N-ethyl adjacent to an activating group) is 1. The molecule has 0 saturated carbocycles. The first kappa shape index (κ1) is 47.0. The molecule has 2 aromatic rings. The SMILES string of the molecule is C=CCOCN(C(=O)[C@@H](NC(=O)[C@H]1CCCCN1C)C(C)CC)[C@H](C[C@@H](OC(C)=O)c1nc(C(=O)N[C@@H](Cc2ccc(O)cc2)C[C@H](C)C(=O)NN)cs1)C(C)C. The number of benzene rings is 1. The summed E-state index contributed by atoms with van der Waals surface area (Å²) < 4.78 is 11.7. The third kappa shape index (κ3) is 14.2. The molecule has 1 aromatic carbocycles. The molecular weight excluding hydrogens is 751 g/mol. The number of rotatable bonds is 22. The Hall–Kier alpha value is -4.38. The Bertz CT molecular complexity index is 1640. The van der Waals surface area contributed by atoms with Crippen molar-refractivity contribution in [3.8, 4) is 5.75 Å². The number of amides is 4. The molecule has 1 aliphatic heterocycles. The zero-order valence-corrected chi connectivity index (χ0v) is 35.3. The van der Waals surface area contributed by atoms with E-state index in [9.17, 15) is 29.1 Å². The van der Waals surface area contributed by atoms with Crippen molar-refractivity contribution in [1.29, 1.82) is 0 Å². The van der Waals surface area contributed by atoms with Gasteiger partial charge < -0.3 is 30.1 Å². The van der Waals surface area contributed by atoms with Gasteiger partial charge in [0.1, 0.15) is 29.2 Å². The fraction of sp³-hybridized carbons (Fsp3) is 0.610. The first-order chi connectivity index (χ1) is 27.1. The van der Waals surface area contributed by atoms with Crippen LogP contribution in [0.3, 0.4) is 0 Å². The summed E-state index contributed by atoms with van der Waals surface area (Å²) >= 11 is 1.15. The van der Waals surface area contributed by atoms with Crippen molar-refractivity contribution in [3.05, 3.63) is 58.6 Å². The van der Waals surface area contributed by atoms with E-state index < -0.39 is 42.0 Å². The summed E-state index contributed by atoms with van der Waals surface area (Å²) in [5.41, 5.74) is 3.08. The first-order valence-electron chi connectivity index (χ1n) is 19.8. The molecule has 316 valence electrons. The monoisotopic (exact) mass is 813 g/mol. The standard InChI is InChI=1S/C41H63N7O8S/c1-9-19-55-24-48(41(54)36(26(5)10-2)45-39(53)33-13-11-12-18-47(33)8)34(25(3)4)22-35(56-28(7)49)40-44-32(23-57-40)38(52)43-30(20-27(6)37(51)46-42)21-29-14-16-31(50)17-15-29/h9,14-17,23,25-27,30,33-36,50H,1,10-13,18-22,24,42H2,2-8H3,(H,43,52)(H,45,53)(H,46,51)/t26?,27-,30+,33+,34+,35+,36-/m0/s1. The Balaban J connectivity index is 1.92. The van der Waals surface area contributed by atoms with Crippen molar-refractivity contribution in [2.75, 3.05) is 26.9 Å². The van der Waals surface area contributed by atoms with Crippen LogP contribution >= 0.6 is 11.3 Å². The summed E-state index contributed by atoms with van der Waals surface area (Å²) in [6.07, 6.45) is 4.74. The molecule has 16 heteroatoms. The Kier molecular flexibility index (Phi) is 19.1. The number of ether oxygens (including phenoxy) is 2. The number of thiazole rings is 1. The number of carbonyl (C=O) groups excluding carboxylic acids is 5. The fourth-order valence-electron chi connectivity index (χ4n) is 7.04. The number of hydrogen-bond donors (Lipinski definition) is 5. The lowest BCUT2D eigenvalue weighted by molar-refractivity contribution is -0.152. The van der Waals surface area contributed by atoms with E-state index in [2.05, 4.69) is 27.6 Å². The van der Waals surface area contributed by atoms with Crippen LogP contribution in [0.5, 0.6) is 5.75 Å². The van der Waals surface area contributed by atoms with E-state index in [1.165, 1.54) is 6.92 Å². The van der Waals surface area contributed by atoms with Gasteiger partial charge in [0.2, 0.25) is 17.7 Å². The summed E-state index contributed by atoms with van der Waals surface area (Å²) in [5.74, 6) is 2.68. The van der Waals surface area contributed by atoms with Crippen LogP contribution in [0.2, 0.25) is 0 Å². The molecule has 6 N–H and O–H groups in total. The maximum absolute atomic E-state index is 14.7. The van der Waals surface area contributed by atoms with Crippen LogP contribution < -0.4 is 21.9 Å². The van der Waals surface area contributed by atoms with Gasteiger partial charge in [-0.3, -0.25) is 34.3 Å². The van der Waals surface area contributed by atoms with Crippen LogP contribution in [0.4, 0.5) is 0 Å². The molecule has 3 rings (SSSR count). The molecule has 4 amide bonds. The quantitative estimate of drug-likeness (QED) is 0.0216. The number of nitrogens with zero attached hydrogens (tertiary/aromatic N) is 3. The number of hydrazine groups is 1. The van der Waals surface area contributed by atoms with E-state index in [0.717, 1.165) is 36.3 Å². The molecule has 15 nitrogen and oxygen atoms in total. The minimum absolute atomic E-state index is 0.0920. The third-order valence-corrected chi connectivity index (χ3v) is 11.5. The highest BCUT2D eigenvalue weighted by Crippen LogP contribution is 2.32. The molecule has 2 heterocycles. The number of phenolic OH excluding ortho intramolecular Hbond substituents is 1. The lowest BCUT2D eigenvalue weighted by Crippen LogP contribution is -2.59. The number of nitrogens with two attached hydrogens (primary N) is 1. The highest BCUT2D eigenvalue weighted by molar-refractivity contribution is 7.09. The van der Waals surface area contributed by atoms with Gasteiger partial charge in [-0.1, -0.05) is 65.7 Å². The second-order valence-corrected chi connectivity index (χ2v) is 16.3. The zero-order valence-electron chi connectivity index (χ0n) is 34.5. The van der Waals surface area contributed by atoms with E-state index in [0.29, 0.717) is 24.3 Å². The van der Waals surface area contributed by atoms with Gasteiger partial charge in [0.15, 0.2) is 6.10 Å². The average molecular weight is 814 g/mol. The molecule has 1 aliphatic rings. The minimum Gasteiger partial charge on any atom is -0.508 e. The summed E-state index contributed by atoms with van der Waals surface area (Å²) in [7, 11) is 1.93. The Labute approximate surface area is 341 Å². The predicted octanol–water partition coefficient (Wildman–Crippen LogP) is 4.23. The molecule has 0 aliphatic carbocycles. The van der Waals surface area contributed by atoms with Crippen LogP contribution in [0.15, 0.2) is 42.3 Å². The van der Waals surface area contributed by atoms with E-state index in [1.807, 2.05) is 39.6 Å². The average Bonchev–Trinajstić information content (AvgIpc) is 3.68. The molecule has 1 fully saturated rings. The van der Waals surface area contributed by atoms with Gasteiger partial charge in [-0.25, -0.2) is 10.8 Å². The van der Waals surface area contributed by atoms with Gasteiger partial charge in [0.25, 0.3) is 5.91 Å². The van der Waals surface area contributed by atoms with Crippen molar-refractivity contribution < 1.29 is 38.6 Å². The van der Waals surface area contributed by atoms with Gasteiger partial charge in [0.05, 0.1) is 12.6 Å². The van der Waals surface area contributed by atoms with Gasteiger partial charge in [-0.2, -0.15) is 0 Å². The number of aromatic nitrogens is 1. The number of hydrogen-bond acceptors (Lipinski definition) is 12. The smallest absolute Gasteiger partial charge is 0.303 e. The highest BCUT2D eigenvalue weighted by Gasteiger charge is 2.39. The Morgan fingerprint density at radius 2 is 1.81 bits per heavy atom. The maximum Gasteiger partial charge on any atom is 0.303 e. The third-order valence-electron chi connectivity index (χ3n) is 10.5. The molecular formula is C41H63N7O8S. The number of esters is 1. The summed E-state index contributed by atoms with van der Waals surface area (Å²) in [4.78, 5) is 75.1. The Morgan fingerprint density at radius 1 is 1.11 bits per heavy atom. The number of aromatic hydroxyl groups is 1. The number of carbonyl (C=O) groups is 5. The van der Waals surface area contributed by atoms with Crippen molar-refractivity contribution in [1.82, 2.24) is 30.8 Å². The zero-order chi connectivity index (χ0) is 42.2. The fourth-order valence-corrected chi connectivity index (χ4v) is 7.88. The Morgan fingerprint density at radius 3 is 2.40 bits per heavy atom. The van der Waals surface area contributed by atoms with E-state index in [-0.39, 0.29) is 73.2 Å². The largest absolute Gasteiger partial charge is 0.508 e. The summed E-state index contributed by atoms with van der Waals surface area (Å²) in [6, 6.07) is 4.38. The summed E-state index contributed by atoms with van der Waals surface area (Å²) in [6.45, 7) is 15.5. The van der Waals surface area contributed by atoms with Gasteiger partial charge in [0, 0.05) is 36.7 Å². The van der Waals surface area contributed by atoms with Crippen LogP contribution in [-0.4, -0.2) is 101 Å². The molecule has 57 heavy (non-hydrogen) atoms. The number of nitrogens with one attached hydrogen (secondary N) is 3. The van der Waals surface area contributed by atoms with Crippen molar-refractivity contribution in [3.63, 3.8) is 0 Å². The summed E-state index contributed by atoms with van der Waals surface area (Å²) in [5, 5.41) is 17.8. The molecule has 1 aromatic heterocycles. The first-order valence-corrected chi connectivity index (χ1v) is 20.7. The van der Waals surface area contributed by atoms with E-state index in [4.69, 9.17) is 15.3 Å². The molecule has 0 spiro atoms. The molecule has 7 atom stereocenters. The second kappa shape index (κ2) is 23.1. The molecule has 1 saturated heterocycles. The number of likely N-dealkylation sites (tertiary alicyclic amines) is 1. The van der Waals surface area contributed by atoms with E-state index in [1.54, 1.807) is 47.5 Å². The van der Waals surface area contributed by atoms with Gasteiger partial charge >= 0.3 is 5.97 Å². The van der Waals surface area contributed by atoms with Crippen LogP contribution in [-0.2, 0) is 35.1 Å². The van der Waals surface area contributed by atoms with Crippen LogP contribution in [0.25, 0.3) is 0 Å². The molecule has 1 unspecified atom stereocenters.